The van der Waals surface area contributed by atoms with Crippen molar-refractivity contribution in [2.45, 2.75) is 64.5 Å². The Bertz CT molecular complexity index is 958. The molecule has 0 N–H and O–H groups in total. The summed E-state index contributed by atoms with van der Waals surface area (Å²) < 4.78 is 12.4. The van der Waals surface area contributed by atoms with E-state index < -0.39 is 25.6 Å². The molecule has 2 aromatic rings. The van der Waals surface area contributed by atoms with Gasteiger partial charge in [0.1, 0.15) is 5.92 Å². The van der Waals surface area contributed by atoms with Crippen LogP contribution in [-0.2, 0) is 18.8 Å². The minimum atomic E-state index is -2.74. The van der Waals surface area contributed by atoms with Crippen molar-refractivity contribution in [2.75, 3.05) is 7.11 Å². The fourth-order valence-corrected chi connectivity index (χ4v) is 11.1. The fourth-order valence-electron chi connectivity index (χ4n) is 6.35. The summed E-state index contributed by atoms with van der Waals surface area (Å²) in [5.41, 5.74) is -0.535. The van der Waals surface area contributed by atoms with Crippen molar-refractivity contribution in [3.63, 3.8) is 0 Å². The van der Waals surface area contributed by atoms with Gasteiger partial charge >= 0.3 is 5.97 Å². The second kappa shape index (κ2) is 8.84. The number of ketones is 1. The van der Waals surface area contributed by atoms with Crippen molar-refractivity contribution in [1.82, 2.24) is 0 Å². The largest absolute Gasteiger partial charge is 0.468 e. The summed E-state index contributed by atoms with van der Waals surface area (Å²) in [4.78, 5) is 25.8. The monoisotopic (exact) mass is 464 g/mol. The first-order valence-corrected chi connectivity index (χ1v) is 14.0. The molecule has 2 saturated carbocycles. The van der Waals surface area contributed by atoms with Gasteiger partial charge < -0.3 is 9.16 Å². The molecule has 0 radical (unpaired) electrons. The molecule has 5 heteroatoms. The third kappa shape index (κ3) is 3.89. The molecule has 33 heavy (non-hydrogen) atoms. The van der Waals surface area contributed by atoms with Gasteiger partial charge in [-0.15, -0.1) is 0 Å². The van der Waals surface area contributed by atoms with Crippen LogP contribution in [0.2, 0.25) is 5.04 Å². The Morgan fingerprint density at radius 1 is 1.00 bits per heavy atom. The Balaban J connectivity index is 1.82. The predicted molar refractivity (Wildman–Crippen MR) is 133 cm³/mol. The van der Waals surface area contributed by atoms with Crippen molar-refractivity contribution in [1.29, 1.82) is 0 Å². The van der Waals surface area contributed by atoms with Crippen LogP contribution in [0, 0.1) is 17.3 Å². The number of hydrogen-bond donors (Lipinski definition) is 0. The molecule has 4 atom stereocenters. The molecule has 0 heterocycles. The smallest absolute Gasteiger partial charge is 0.316 e. The number of carbonyl (C=O) groups is 2. The van der Waals surface area contributed by atoms with Crippen molar-refractivity contribution in [2.24, 2.45) is 17.3 Å². The highest BCUT2D eigenvalue weighted by Gasteiger charge is 2.60. The molecular weight excluding hydrogens is 428 g/mol. The third-order valence-electron chi connectivity index (χ3n) is 8.05. The summed E-state index contributed by atoms with van der Waals surface area (Å²) in [7, 11) is -1.37. The minimum Gasteiger partial charge on any atom is -0.468 e. The Labute approximate surface area is 198 Å². The number of methoxy groups -OCH3 is 1. The van der Waals surface area contributed by atoms with Gasteiger partial charge in [0.05, 0.1) is 7.11 Å². The Hall–Kier alpha value is -2.24. The molecule has 2 fully saturated rings. The molecule has 176 valence electrons. The Morgan fingerprint density at radius 2 is 1.55 bits per heavy atom. The molecule has 2 aromatic carbocycles. The highest BCUT2D eigenvalue weighted by molar-refractivity contribution is 6.99. The fraction of sp³-hybridized carbons (Fsp3) is 0.500. The highest BCUT2D eigenvalue weighted by Crippen LogP contribution is 2.54. The average molecular weight is 465 g/mol. The van der Waals surface area contributed by atoms with Crippen LogP contribution < -0.4 is 10.4 Å². The topological polar surface area (TPSA) is 52.6 Å². The lowest BCUT2D eigenvalue weighted by Gasteiger charge is -2.49. The number of hydrogen-bond acceptors (Lipinski definition) is 4. The summed E-state index contributed by atoms with van der Waals surface area (Å²) in [5.74, 6) is -1.02. The molecule has 2 aliphatic carbocycles. The molecule has 0 spiro atoms. The van der Waals surface area contributed by atoms with E-state index in [-0.39, 0.29) is 22.8 Å². The molecule has 0 bridgehead atoms. The van der Waals surface area contributed by atoms with Gasteiger partial charge in [-0.3, -0.25) is 9.59 Å². The molecular formula is C28H36O4Si. The second-order valence-electron chi connectivity index (χ2n) is 10.9. The van der Waals surface area contributed by atoms with Gasteiger partial charge in [0.15, 0.2) is 5.78 Å². The third-order valence-corrected chi connectivity index (χ3v) is 13.1. The minimum absolute atomic E-state index is 0.0181. The number of carbonyl (C=O) groups excluding carboxylic acids is 2. The standard InChI is InChI=1S/C28H36O4Si/c1-27(2,3)33(20-13-8-6-9-14-20,21-15-10-7-11-16-21)32-24-17-12-18-28(4)23(24)19-22(25(28)29)26(30)31-5/h6-11,13-16,22-24H,12,17-19H2,1-5H3/t22?,23-,24+,28-/m0/s1. The van der Waals surface area contributed by atoms with Gasteiger partial charge in [0.2, 0.25) is 0 Å². The van der Waals surface area contributed by atoms with Gasteiger partial charge in [-0.1, -0.05) is 88.4 Å². The van der Waals surface area contributed by atoms with Gasteiger partial charge in [-0.2, -0.15) is 0 Å². The first kappa shape index (κ1) is 23.9. The maximum atomic E-state index is 13.4. The van der Waals surface area contributed by atoms with E-state index in [9.17, 15) is 9.59 Å². The lowest BCUT2D eigenvalue weighted by Crippen LogP contribution is -2.68. The zero-order valence-electron chi connectivity index (χ0n) is 20.5. The van der Waals surface area contributed by atoms with E-state index in [0.717, 1.165) is 19.3 Å². The molecule has 4 nitrogen and oxygen atoms in total. The van der Waals surface area contributed by atoms with E-state index in [1.807, 2.05) is 19.1 Å². The number of fused-ring (bicyclic) bond motifs is 1. The van der Waals surface area contributed by atoms with Gasteiger partial charge in [-0.25, -0.2) is 0 Å². The highest BCUT2D eigenvalue weighted by atomic mass is 28.4. The Kier molecular flexibility index (Phi) is 6.40. The first-order valence-electron chi connectivity index (χ1n) is 12.1. The van der Waals surface area contributed by atoms with Gasteiger partial charge in [0.25, 0.3) is 8.32 Å². The molecule has 1 unspecified atom stereocenters. The van der Waals surface area contributed by atoms with Crippen LogP contribution in [-0.4, -0.2) is 33.3 Å². The molecule has 2 aliphatic rings. The van der Waals surface area contributed by atoms with Crippen LogP contribution in [0.3, 0.4) is 0 Å². The van der Waals surface area contributed by atoms with Crippen LogP contribution in [0.15, 0.2) is 60.7 Å². The molecule has 0 aromatic heterocycles. The van der Waals surface area contributed by atoms with Crippen LogP contribution >= 0.6 is 0 Å². The number of rotatable bonds is 5. The van der Waals surface area contributed by atoms with Crippen LogP contribution in [0.25, 0.3) is 0 Å². The van der Waals surface area contributed by atoms with Crippen molar-refractivity contribution >= 4 is 30.4 Å². The van der Waals surface area contributed by atoms with Gasteiger partial charge in [-0.05, 0) is 47.0 Å². The zero-order valence-corrected chi connectivity index (χ0v) is 21.5. The van der Waals surface area contributed by atoms with E-state index in [0.29, 0.717) is 6.42 Å². The molecule has 4 rings (SSSR count). The number of esters is 1. The molecule has 0 aliphatic heterocycles. The number of ether oxygens (including phenoxy) is 1. The summed E-state index contributed by atoms with van der Waals surface area (Å²) in [6.45, 7) is 8.87. The van der Waals surface area contributed by atoms with Crippen molar-refractivity contribution in [3.8, 4) is 0 Å². The maximum absolute atomic E-state index is 13.4. The molecule has 0 saturated heterocycles. The summed E-state index contributed by atoms with van der Waals surface area (Å²) in [5, 5.41) is 2.35. The van der Waals surface area contributed by atoms with E-state index in [1.165, 1.54) is 17.5 Å². The first-order chi connectivity index (χ1) is 15.6. The number of Topliss-reactive ketones (excluding diaryl/α,β-unsaturated/α-hetero) is 1. The predicted octanol–water partition coefficient (Wildman–Crippen LogP) is 4.50. The summed E-state index contributed by atoms with van der Waals surface area (Å²) in [6, 6.07) is 21.2. The summed E-state index contributed by atoms with van der Waals surface area (Å²) >= 11 is 0. The molecule has 0 amide bonds. The lowest BCUT2D eigenvalue weighted by atomic mass is 9.68. The number of benzene rings is 2. The average Bonchev–Trinajstić information content (AvgIpc) is 3.08. The van der Waals surface area contributed by atoms with E-state index >= 15 is 0 Å². The van der Waals surface area contributed by atoms with Crippen molar-refractivity contribution < 1.29 is 18.8 Å². The van der Waals surface area contributed by atoms with Crippen LogP contribution in [0.1, 0.15) is 53.4 Å². The second-order valence-corrected chi connectivity index (χ2v) is 15.2. The van der Waals surface area contributed by atoms with E-state index in [4.69, 9.17) is 9.16 Å². The van der Waals surface area contributed by atoms with E-state index in [2.05, 4.69) is 69.3 Å². The van der Waals surface area contributed by atoms with Crippen LogP contribution in [0.4, 0.5) is 0 Å². The maximum Gasteiger partial charge on any atom is 0.316 e. The van der Waals surface area contributed by atoms with E-state index in [1.54, 1.807) is 0 Å². The van der Waals surface area contributed by atoms with Crippen LogP contribution in [0.5, 0.6) is 0 Å². The van der Waals surface area contributed by atoms with Crippen molar-refractivity contribution in [3.05, 3.63) is 60.7 Å². The Morgan fingerprint density at radius 3 is 2.03 bits per heavy atom. The quantitative estimate of drug-likeness (QED) is 0.371. The zero-order chi connectivity index (χ0) is 23.9. The normalized spacial score (nSPS) is 27.8. The summed E-state index contributed by atoms with van der Waals surface area (Å²) in [6.07, 6.45) is 3.09. The van der Waals surface area contributed by atoms with Gasteiger partial charge in [0, 0.05) is 11.5 Å². The lowest BCUT2D eigenvalue weighted by molar-refractivity contribution is -0.149. The SMILES string of the molecule is COC(=O)C1C[C@H]2[C@H](O[Si](c3ccccc3)(c3ccccc3)C(C)(C)C)CCC[C@]2(C)C1=O.